The monoisotopic (exact) mass is 412 g/mol. The fraction of sp³-hybridized carbons (Fsp3) is 0.565. The number of aryl methyl sites for hydroxylation is 1. The number of ether oxygens (including phenoxy) is 2. The molecule has 7 nitrogen and oxygen atoms in total. The summed E-state index contributed by atoms with van der Waals surface area (Å²) in [6.45, 7) is 7.20. The average molecular weight is 413 g/mol. The van der Waals surface area contributed by atoms with Gasteiger partial charge < -0.3 is 14.8 Å². The number of carbonyl (C=O) groups excluding carboxylic acids is 1. The van der Waals surface area contributed by atoms with Gasteiger partial charge in [-0.3, -0.25) is 14.4 Å². The zero-order valence-electron chi connectivity index (χ0n) is 18.0. The van der Waals surface area contributed by atoms with E-state index in [9.17, 15) is 4.79 Å². The minimum absolute atomic E-state index is 0.0659. The third-order valence-electron chi connectivity index (χ3n) is 6.02. The number of carbonyl (C=O) groups is 1. The first kappa shape index (κ1) is 20.9. The highest BCUT2D eigenvalue weighted by molar-refractivity contribution is 5.79. The number of hydrogen-bond donors (Lipinski definition) is 1. The number of nitrogens with zero attached hydrogens (tertiary/aromatic N) is 3. The Morgan fingerprint density at radius 1 is 1.40 bits per heavy atom. The second-order valence-corrected chi connectivity index (χ2v) is 8.16. The molecule has 1 saturated heterocycles. The topological polar surface area (TPSA) is 68.6 Å². The summed E-state index contributed by atoms with van der Waals surface area (Å²) in [5.41, 5.74) is 4.71. The molecule has 0 aliphatic carbocycles. The number of likely N-dealkylation sites (tertiary alicyclic amines) is 1. The molecule has 0 spiro atoms. The molecule has 1 aromatic carbocycles. The van der Waals surface area contributed by atoms with Crippen LogP contribution in [0.15, 0.2) is 24.3 Å². The fourth-order valence-corrected chi connectivity index (χ4v) is 4.54. The van der Waals surface area contributed by atoms with Crippen molar-refractivity contribution in [3.05, 3.63) is 46.8 Å². The number of aromatic nitrogens is 2. The quantitative estimate of drug-likeness (QED) is 0.756. The van der Waals surface area contributed by atoms with Crippen molar-refractivity contribution in [2.45, 2.75) is 58.3 Å². The molecule has 7 heteroatoms. The van der Waals surface area contributed by atoms with Crippen LogP contribution in [0, 0.1) is 0 Å². The summed E-state index contributed by atoms with van der Waals surface area (Å²) in [4.78, 5) is 15.0. The van der Waals surface area contributed by atoms with Crippen LogP contribution in [0.4, 0.5) is 0 Å². The molecular formula is C23H32N4O3. The van der Waals surface area contributed by atoms with Crippen molar-refractivity contribution < 1.29 is 14.3 Å². The summed E-state index contributed by atoms with van der Waals surface area (Å²) < 4.78 is 13.1. The molecule has 30 heavy (non-hydrogen) atoms. The van der Waals surface area contributed by atoms with Crippen LogP contribution < -0.4 is 10.1 Å². The molecule has 2 aliphatic rings. The Bertz CT molecular complexity index is 879. The summed E-state index contributed by atoms with van der Waals surface area (Å²) in [6.07, 6.45) is 3.42. The van der Waals surface area contributed by atoms with Crippen molar-refractivity contribution in [1.29, 1.82) is 0 Å². The van der Waals surface area contributed by atoms with E-state index in [1.54, 1.807) is 7.11 Å². The summed E-state index contributed by atoms with van der Waals surface area (Å²) in [5, 5.41) is 8.09. The maximum atomic E-state index is 12.6. The molecule has 1 amide bonds. The molecule has 1 atom stereocenters. The summed E-state index contributed by atoms with van der Waals surface area (Å²) >= 11 is 0. The zero-order valence-corrected chi connectivity index (χ0v) is 18.0. The van der Waals surface area contributed by atoms with Gasteiger partial charge in [0.1, 0.15) is 5.75 Å². The van der Waals surface area contributed by atoms with E-state index in [2.05, 4.69) is 21.8 Å². The standard InChI is InChI=1S/C23H32N4O3/c1-3-27-22-9-11-30-16-20(22)21(25-27)15-26-10-5-7-18(14-26)24-23(28)13-17-6-4-8-19(12-17)29-2/h4,6,8,12,18H,3,5,7,9-11,13-16H2,1-2H3,(H,24,28). The van der Waals surface area contributed by atoms with Gasteiger partial charge in [0.2, 0.25) is 5.91 Å². The van der Waals surface area contributed by atoms with Crippen molar-refractivity contribution in [2.75, 3.05) is 26.8 Å². The van der Waals surface area contributed by atoms with Crippen LogP contribution in [0.5, 0.6) is 5.75 Å². The minimum Gasteiger partial charge on any atom is -0.497 e. The Balaban J connectivity index is 1.34. The van der Waals surface area contributed by atoms with E-state index < -0.39 is 0 Å². The van der Waals surface area contributed by atoms with Gasteiger partial charge in [-0.1, -0.05) is 12.1 Å². The van der Waals surface area contributed by atoms with E-state index in [0.29, 0.717) is 13.0 Å². The number of methoxy groups -OCH3 is 1. The zero-order chi connectivity index (χ0) is 20.9. The lowest BCUT2D eigenvalue weighted by Gasteiger charge is -2.33. The number of benzene rings is 1. The normalized spacial score (nSPS) is 19.3. The molecular weight excluding hydrogens is 380 g/mol. The highest BCUT2D eigenvalue weighted by atomic mass is 16.5. The largest absolute Gasteiger partial charge is 0.497 e. The van der Waals surface area contributed by atoms with Crippen LogP contribution in [0.25, 0.3) is 0 Å². The average Bonchev–Trinajstić information content (AvgIpc) is 3.11. The smallest absolute Gasteiger partial charge is 0.224 e. The van der Waals surface area contributed by atoms with E-state index in [4.69, 9.17) is 14.6 Å². The molecule has 162 valence electrons. The van der Waals surface area contributed by atoms with E-state index in [1.807, 2.05) is 24.3 Å². The maximum Gasteiger partial charge on any atom is 0.224 e. The number of piperidine rings is 1. The number of rotatable bonds is 7. The Labute approximate surface area is 178 Å². The second-order valence-electron chi connectivity index (χ2n) is 8.16. The van der Waals surface area contributed by atoms with Gasteiger partial charge >= 0.3 is 0 Å². The number of hydrogen-bond acceptors (Lipinski definition) is 5. The van der Waals surface area contributed by atoms with Crippen LogP contribution in [0.3, 0.4) is 0 Å². The minimum atomic E-state index is 0.0659. The Hall–Kier alpha value is -2.38. The van der Waals surface area contributed by atoms with Gasteiger partial charge in [0, 0.05) is 43.4 Å². The summed E-state index contributed by atoms with van der Waals surface area (Å²) in [7, 11) is 1.64. The second kappa shape index (κ2) is 9.62. The van der Waals surface area contributed by atoms with Crippen LogP contribution >= 0.6 is 0 Å². The molecule has 0 bridgehead atoms. The van der Waals surface area contributed by atoms with E-state index >= 15 is 0 Å². The van der Waals surface area contributed by atoms with E-state index in [1.165, 1.54) is 11.3 Å². The Morgan fingerprint density at radius 2 is 2.30 bits per heavy atom. The van der Waals surface area contributed by atoms with Crippen molar-refractivity contribution >= 4 is 5.91 Å². The van der Waals surface area contributed by atoms with Gasteiger partial charge in [-0.2, -0.15) is 5.10 Å². The van der Waals surface area contributed by atoms with Crippen molar-refractivity contribution in [1.82, 2.24) is 20.0 Å². The van der Waals surface area contributed by atoms with Gasteiger partial charge in [-0.05, 0) is 44.0 Å². The van der Waals surface area contributed by atoms with E-state index in [0.717, 1.165) is 69.1 Å². The van der Waals surface area contributed by atoms with Gasteiger partial charge in [0.25, 0.3) is 0 Å². The first-order valence-corrected chi connectivity index (χ1v) is 11.0. The predicted molar refractivity (Wildman–Crippen MR) is 114 cm³/mol. The molecule has 2 aromatic rings. The van der Waals surface area contributed by atoms with Gasteiger partial charge in [0.05, 0.1) is 32.4 Å². The molecule has 1 N–H and O–H groups in total. The SMILES string of the molecule is CCn1nc(CN2CCCC(NC(=O)Cc3cccc(OC)c3)C2)c2c1CCOC2. The number of fused-ring (bicyclic) bond motifs is 1. The molecule has 1 unspecified atom stereocenters. The first-order chi connectivity index (χ1) is 14.7. The van der Waals surface area contributed by atoms with Crippen molar-refractivity contribution in [2.24, 2.45) is 0 Å². The number of amides is 1. The fourth-order valence-electron chi connectivity index (χ4n) is 4.54. The molecule has 1 aromatic heterocycles. The molecule has 3 heterocycles. The summed E-state index contributed by atoms with van der Waals surface area (Å²) in [5.74, 6) is 0.846. The van der Waals surface area contributed by atoms with Gasteiger partial charge in [0.15, 0.2) is 0 Å². The third kappa shape index (κ3) is 4.84. The van der Waals surface area contributed by atoms with Crippen LogP contribution in [0.2, 0.25) is 0 Å². The van der Waals surface area contributed by atoms with Crippen LogP contribution in [0.1, 0.15) is 42.3 Å². The Morgan fingerprint density at radius 3 is 3.13 bits per heavy atom. The van der Waals surface area contributed by atoms with Gasteiger partial charge in [-0.15, -0.1) is 0 Å². The molecule has 1 fully saturated rings. The lowest BCUT2D eigenvalue weighted by atomic mass is 10.0. The molecule has 0 radical (unpaired) electrons. The highest BCUT2D eigenvalue weighted by Crippen LogP contribution is 2.23. The molecule has 2 aliphatic heterocycles. The summed E-state index contributed by atoms with van der Waals surface area (Å²) in [6, 6.07) is 7.87. The number of nitrogens with one attached hydrogen (secondary N) is 1. The van der Waals surface area contributed by atoms with Crippen molar-refractivity contribution in [3.63, 3.8) is 0 Å². The van der Waals surface area contributed by atoms with Crippen LogP contribution in [-0.4, -0.2) is 53.4 Å². The van der Waals surface area contributed by atoms with Crippen LogP contribution in [-0.2, 0) is 42.1 Å². The maximum absolute atomic E-state index is 12.6. The van der Waals surface area contributed by atoms with Crippen molar-refractivity contribution in [3.8, 4) is 5.75 Å². The van der Waals surface area contributed by atoms with E-state index in [-0.39, 0.29) is 11.9 Å². The lowest BCUT2D eigenvalue weighted by Crippen LogP contribution is -2.47. The Kier molecular flexibility index (Phi) is 6.69. The van der Waals surface area contributed by atoms with Gasteiger partial charge in [-0.25, -0.2) is 0 Å². The first-order valence-electron chi connectivity index (χ1n) is 11.0. The molecule has 4 rings (SSSR count). The third-order valence-corrected chi connectivity index (χ3v) is 6.02. The highest BCUT2D eigenvalue weighted by Gasteiger charge is 2.26. The molecule has 0 saturated carbocycles. The lowest BCUT2D eigenvalue weighted by molar-refractivity contribution is -0.121. The predicted octanol–water partition coefficient (Wildman–Crippen LogP) is 2.31.